The van der Waals surface area contributed by atoms with E-state index in [-0.39, 0.29) is 12.1 Å². The zero-order chi connectivity index (χ0) is 14.7. The van der Waals surface area contributed by atoms with Crippen molar-refractivity contribution in [1.29, 1.82) is 0 Å². The van der Waals surface area contributed by atoms with Gasteiger partial charge >= 0.3 is 5.97 Å². The maximum absolute atomic E-state index is 11.2. The summed E-state index contributed by atoms with van der Waals surface area (Å²) < 4.78 is 10.5. The molecule has 1 aromatic rings. The molecule has 1 aliphatic heterocycles. The summed E-state index contributed by atoms with van der Waals surface area (Å²) in [6.45, 7) is 2.83. The number of rotatable bonds is 5. The van der Waals surface area contributed by atoms with Crippen LogP contribution in [0.4, 0.5) is 0 Å². The van der Waals surface area contributed by atoms with Crippen molar-refractivity contribution >= 4 is 5.97 Å². The quantitative estimate of drug-likeness (QED) is 0.890. The molecule has 0 bridgehead atoms. The number of aliphatic carboxylic acids is 1. The van der Waals surface area contributed by atoms with Crippen LogP contribution in [0.15, 0.2) is 24.3 Å². The minimum atomic E-state index is -0.790. The van der Waals surface area contributed by atoms with Gasteiger partial charge in [-0.3, -0.25) is 9.69 Å². The third kappa shape index (κ3) is 2.94. The smallest absolute Gasteiger partial charge is 0.310 e. The molecule has 1 N–H and O–H groups in total. The zero-order valence-electron chi connectivity index (χ0n) is 12.1. The first-order valence-electron chi connectivity index (χ1n) is 6.71. The highest BCUT2D eigenvalue weighted by molar-refractivity contribution is 5.71. The van der Waals surface area contributed by atoms with Gasteiger partial charge in [0.15, 0.2) is 0 Å². The van der Waals surface area contributed by atoms with Gasteiger partial charge in [0.1, 0.15) is 5.75 Å². The van der Waals surface area contributed by atoms with E-state index in [0.29, 0.717) is 13.2 Å². The van der Waals surface area contributed by atoms with Crippen LogP contribution < -0.4 is 4.74 Å². The van der Waals surface area contributed by atoms with Crippen molar-refractivity contribution in [2.45, 2.75) is 19.0 Å². The van der Waals surface area contributed by atoms with E-state index in [2.05, 4.69) is 11.8 Å². The fourth-order valence-corrected chi connectivity index (χ4v) is 2.59. The summed E-state index contributed by atoms with van der Waals surface area (Å²) in [6.07, 6.45) is 0. The summed E-state index contributed by atoms with van der Waals surface area (Å²) in [7, 11) is 3.59. The van der Waals surface area contributed by atoms with Crippen LogP contribution in [0.3, 0.4) is 0 Å². The van der Waals surface area contributed by atoms with E-state index in [4.69, 9.17) is 9.47 Å². The molecule has 0 aliphatic carbocycles. The lowest BCUT2D eigenvalue weighted by Gasteiger charge is -2.32. The molecule has 1 saturated heterocycles. The molecule has 3 atom stereocenters. The van der Waals surface area contributed by atoms with Crippen molar-refractivity contribution in [3.63, 3.8) is 0 Å². The Morgan fingerprint density at radius 2 is 2.05 bits per heavy atom. The lowest BCUT2D eigenvalue weighted by atomic mass is 9.99. The molecule has 0 amide bonds. The number of methoxy groups -OCH3 is 1. The Morgan fingerprint density at radius 1 is 1.40 bits per heavy atom. The maximum atomic E-state index is 11.2. The molecule has 20 heavy (non-hydrogen) atoms. The summed E-state index contributed by atoms with van der Waals surface area (Å²) in [6, 6.07) is 7.87. The predicted octanol–water partition coefficient (Wildman–Crippen LogP) is 1.79. The summed E-state index contributed by atoms with van der Waals surface area (Å²) >= 11 is 0. The molecule has 1 heterocycles. The molecule has 5 nitrogen and oxygen atoms in total. The Labute approximate surface area is 119 Å². The van der Waals surface area contributed by atoms with Gasteiger partial charge in [0.05, 0.1) is 26.2 Å². The number of carbonyl (C=O) groups is 1. The van der Waals surface area contributed by atoms with Crippen LogP contribution in [-0.2, 0) is 9.53 Å². The number of carboxylic acids is 1. The largest absolute Gasteiger partial charge is 0.497 e. The normalized spacial score (nSPS) is 23.8. The number of ether oxygens (including phenoxy) is 2. The molecule has 0 saturated carbocycles. The number of hydrogen-bond donors (Lipinski definition) is 1. The minimum absolute atomic E-state index is 0.0930. The van der Waals surface area contributed by atoms with Crippen LogP contribution in [0.1, 0.15) is 18.5 Å². The van der Waals surface area contributed by atoms with Gasteiger partial charge in [0, 0.05) is 12.1 Å². The Morgan fingerprint density at radius 3 is 2.60 bits per heavy atom. The molecular weight excluding hydrogens is 258 g/mol. The van der Waals surface area contributed by atoms with Crippen molar-refractivity contribution in [2.24, 2.45) is 5.92 Å². The summed E-state index contributed by atoms with van der Waals surface area (Å²) in [5, 5.41) is 9.23. The monoisotopic (exact) mass is 279 g/mol. The molecule has 0 aromatic heterocycles. The highest BCUT2D eigenvalue weighted by Gasteiger charge is 2.38. The van der Waals surface area contributed by atoms with E-state index in [1.54, 1.807) is 7.11 Å². The van der Waals surface area contributed by atoms with Crippen molar-refractivity contribution in [3.8, 4) is 5.75 Å². The summed E-state index contributed by atoms with van der Waals surface area (Å²) in [4.78, 5) is 13.3. The summed E-state index contributed by atoms with van der Waals surface area (Å²) in [5.74, 6) is -0.432. The highest BCUT2D eigenvalue weighted by Crippen LogP contribution is 2.28. The van der Waals surface area contributed by atoms with Crippen LogP contribution in [0, 0.1) is 5.92 Å². The van der Waals surface area contributed by atoms with Crippen molar-refractivity contribution < 1.29 is 19.4 Å². The number of hydrogen-bond acceptors (Lipinski definition) is 4. The van der Waals surface area contributed by atoms with Gasteiger partial charge in [0.25, 0.3) is 0 Å². The first-order valence-corrected chi connectivity index (χ1v) is 6.71. The lowest BCUT2D eigenvalue weighted by molar-refractivity contribution is -0.143. The van der Waals surface area contributed by atoms with Crippen LogP contribution in [-0.4, -0.2) is 49.4 Å². The van der Waals surface area contributed by atoms with E-state index in [1.807, 2.05) is 31.3 Å². The average molecular weight is 279 g/mol. The molecule has 1 fully saturated rings. The molecule has 1 aliphatic rings. The SMILES string of the molecule is COc1ccc(C(C)N(C)C2COCC2C(=O)O)cc1. The third-order valence-corrected chi connectivity index (χ3v) is 4.10. The fourth-order valence-electron chi connectivity index (χ4n) is 2.59. The van der Waals surface area contributed by atoms with Crippen LogP contribution in [0.5, 0.6) is 5.75 Å². The van der Waals surface area contributed by atoms with Gasteiger partial charge in [-0.15, -0.1) is 0 Å². The van der Waals surface area contributed by atoms with Gasteiger partial charge in [-0.1, -0.05) is 12.1 Å². The fraction of sp³-hybridized carbons (Fsp3) is 0.533. The van der Waals surface area contributed by atoms with E-state index in [1.165, 1.54) is 0 Å². The van der Waals surface area contributed by atoms with E-state index in [0.717, 1.165) is 11.3 Å². The van der Waals surface area contributed by atoms with Gasteiger partial charge in [-0.05, 0) is 31.7 Å². The lowest BCUT2D eigenvalue weighted by Crippen LogP contribution is -2.42. The first-order chi connectivity index (χ1) is 9.54. The molecular formula is C15H21NO4. The molecule has 5 heteroatoms. The molecule has 3 unspecified atom stereocenters. The number of benzene rings is 1. The first kappa shape index (κ1) is 14.8. The third-order valence-electron chi connectivity index (χ3n) is 4.10. The van der Waals surface area contributed by atoms with Gasteiger partial charge < -0.3 is 14.6 Å². The second-order valence-corrected chi connectivity index (χ2v) is 5.16. The molecule has 2 rings (SSSR count). The van der Waals surface area contributed by atoms with Crippen molar-refractivity contribution in [2.75, 3.05) is 27.4 Å². The van der Waals surface area contributed by atoms with Crippen molar-refractivity contribution in [1.82, 2.24) is 4.90 Å². The number of nitrogens with zero attached hydrogens (tertiary/aromatic N) is 1. The van der Waals surface area contributed by atoms with Gasteiger partial charge in [-0.2, -0.15) is 0 Å². The molecule has 1 aromatic carbocycles. The van der Waals surface area contributed by atoms with E-state index in [9.17, 15) is 9.90 Å². The Kier molecular flexibility index (Phi) is 4.62. The van der Waals surface area contributed by atoms with Crippen LogP contribution >= 0.6 is 0 Å². The Hall–Kier alpha value is -1.59. The average Bonchev–Trinajstić information content (AvgIpc) is 2.95. The minimum Gasteiger partial charge on any atom is -0.497 e. The Balaban J connectivity index is 2.10. The van der Waals surface area contributed by atoms with Crippen LogP contribution in [0.25, 0.3) is 0 Å². The van der Waals surface area contributed by atoms with E-state index >= 15 is 0 Å². The summed E-state index contributed by atoms with van der Waals surface area (Å²) in [5.41, 5.74) is 1.13. The van der Waals surface area contributed by atoms with Gasteiger partial charge in [0.2, 0.25) is 0 Å². The molecule has 110 valence electrons. The standard InChI is InChI=1S/C15H21NO4/c1-10(11-4-6-12(19-3)7-5-11)16(2)14-9-20-8-13(14)15(17)18/h4-7,10,13-14H,8-9H2,1-3H3,(H,17,18). The Bertz CT molecular complexity index is 459. The van der Waals surface area contributed by atoms with Crippen LogP contribution in [0.2, 0.25) is 0 Å². The molecule has 0 radical (unpaired) electrons. The second kappa shape index (κ2) is 6.24. The maximum Gasteiger partial charge on any atom is 0.310 e. The zero-order valence-corrected chi connectivity index (χ0v) is 12.1. The second-order valence-electron chi connectivity index (χ2n) is 5.16. The van der Waals surface area contributed by atoms with Crippen molar-refractivity contribution in [3.05, 3.63) is 29.8 Å². The van der Waals surface area contributed by atoms with Gasteiger partial charge in [-0.25, -0.2) is 0 Å². The topological polar surface area (TPSA) is 59.0 Å². The number of carboxylic acid groups (broad SMARTS) is 1. The van der Waals surface area contributed by atoms with E-state index < -0.39 is 11.9 Å². The molecule has 0 spiro atoms. The predicted molar refractivity (Wildman–Crippen MR) is 74.9 cm³/mol. The highest BCUT2D eigenvalue weighted by atomic mass is 16.5. The number of likely N-dealkylation sites (N-methyl/N-ethyl adjacent to an activating group) is 1.